The van der Waals surface area contributed by atoms with Gasteiger partial charge in [0.15, 0.2) is 0 Å². The molecule has 0 aliphatic rings. The summed E-state index contributed by atoms with van der Waals surface area (Å²) in [6.07, 6.45) is 3.28. The standard InChI is InChI=1S/C12H12ClNO/c1-8-10(3-2-4-11(8)13)12(14)9-5-6-15-7-9/h2-7,12H,14H2,1H3. The summed E-state index contributed by atoms with van der Waals surface area (Å²) in [5, 5.41) is 0.742. The van der Waals surface area contributed by atoms with Crippen molar-refractivity contribution in [3.05, 3.63) is 58.5 Å². The molecule has 0 fully saturated rings. The van der Waals surface area contributed by atoms with E-state index in [-0.39, 0.29) is 6.04 Å². The Morgan fingerprint density at radius 3 is 2.80 bits per heavy atom. The van der Waals surface area contributed by atoms with Crippen LogP contribution in [0.15, 0.2) is 41.2 Å². The summed E-state index contributed by atoms with van der Waals surface area (Å²) >= 11 is 6.04. The second-order valence-corrected chi connectivity index (χ2v) is 3.90. The molecule has 1 heterocycles. The van der Waals surface area contributed by atoms with Crippen molar-refractivity contribution in [1.82, 2.24) is 0 Å². The van der Waals surface area contributed by atoms with Gasteiger partial charge in [-0.05, 0) is 30.2 Å². The summed E-state index contributed by atoms with van der Waals surface area (Å²) in [6, 6.07) is 7.44. The molecule has 0 saturated carbocycles. The highest BCUT2D eigenvalue weighted by molar-refractivity contribution is 6.31. The normalized spacial score (nSPS) is 12.7. The van der Waals surface area contributed by atoms with E-state index < -0.39 is 0 Å². The maximum absolute atomic E-state index is 6.11. The first kappa shape index (κ1) is 10.3. The summed E-state index contributed by atoms with van der Waals surface area (Å²) in [7, 11) is 0. The van der Waals surface area contributed by atoms with E-state index in [1.54, 1.807) is 12.5 Å². The van der Waals surface area contributed by atoms with Crippen LogP contribution in [0, 0.1) is 6.92 Å². The average Bonchev–Trinajstić information content (AvgIpc) is 2.74. The Morgan fingerprint density at radius 1 is 1.33 bits per heavy atom. The largest absolute Gasteiger partial charge is 0.472 e. The Bertz CT molecular complexity index is 451. The van der Waals surface area contributed by atoms with Crippen molar-refractivity contribution in [2.24, 2.45) is 5.73 Å². The number of nitrogens with two attached hydrogens (primary N) is 1. The van der Waals surface area contributed by atoms with Gasteiger partial charge in [0.1, 0.15) is 0 Å². The highest BCUT2D eigenvalue weighted by atomic mass is 35.5. The van der Waals surface area contributed by atoms with E-state index in [4.69, 9.17) is 21.8 Å². The van der Waals surface area contributed by atoms with Crippen LogP contribution in [-0.2, 0) is 0 Å². The van der Waals surface area contributed by atoms with E-state index in [2.05, 4.69) is 0 Å². The zero-order valence-corrected chi connectivity index (χ0v) is 9.16. The van der Waals surface area contributed by atoms with Crippen molar-refractivity contribution >= 4 is 11.6 Å². The molecule has 3 heteroatoms. The lowest BCUT2D eigenvalue weighted by Gasteiger charge is -2.13. The van der Waals surface area contributed by atoms with Gasteiger partial charge in [-0.25, -0.2) is 0 Å². The van der Waals surface area contributed by atoms with Crippen LogP contribution in [0.2, 0.25) is 5.02 Å². The molecule has 0 aliphatic carbocycles. The molecule has 15 heavy (non-hydrogen) atoms. The molecule has 0 spiro atoms. The van der Waals surface area contributed by atoms with Crippen molar-refractivity contribution in [3.63, 3.8) is 0 Å². The topological polar surface area (TPSA) is 39.2 Å². The Labute approximate surface area is 93.7 Å². The number of benzene rings is 1. The first-order valence-corrected chi connectivity index (χ1v) is 5.10. The maximum atomic E-state index is 6.11. The fraction of sp³-hybridized carbons (Fsp3) is 0.167. The summed E-state index contributed by atoms with van der Waals surface area (Å²) in [6.45, 7) is 1.97. The molecule has 78 valence electrons. The van der Waals surface area contributed by atoms with Gasteiger partial charge < -0.3 is 10.2 Å². The first-order chi connectivity index (χ1) is 7.20. The second-order valence-electron chi connectivity index (χ2n) is 3.49. The smallest absolute Gasteiger partial charge is 0.0953 e. The molecule has 2 aromatic rings. The van der Waals surface area contributed by atoms with Gasteiger partial charge in [-0.2, -0.15) is 0 Å². The Balaban J connectivity index is 2.42. The third kappa shape index (κ3) is 1.91. The van der Waals surface area contributed by atoms with E-state index in [1.807, 2.05) is 31.2 Å². The highest BCUT2D eigenvalue weighted by Gasteiger charge is 2.13. The molecule has 1 aromatic carbocycles. The molecule has 2 N–H and O–H groups in total. The monoisotopic (exact) mass is 221 g/mol. The van der Waals surface area contributed by atoms with Gasteiger partial charge in [0.05, 0.1) is 18.6 Å². The van der Waals surface area contributed by atoms with Gasteiger partial charge in [0, 0.05) is 10.6 Å². The van der Waals surface area contributed by atoms with Gasteiger partial charge >= 0.3 is 0 Å². The Kier molecular flexibility index (Phi) is 2.80. The lowest BCUT2D eigenvalue weighted by Crippen LogP contribution is -2.12. The molecule has 0 bridgehead atoms. The third-order valence-electron chi connectivity index (χ3n) is 2.55. The van der Waals surface area contributed by atoms with Gasteiger partial charge in [-0.15, -0.1) is 0 Å². The lowest BCUT2D eigenvalue weighted by atomic mass is 9.98. The zero-order valence-electron chi connectivity index (χ0n) is 8.41. The lowest BCUT2D eigenvalue weighted by molar-refractivity contribution is 0.562. The van der Waals surface area contributed by atoms with E-state index in [0.717, 1.165) is 21.7 Å². The van der Waals surface area contributed by atoms with Crippen LogP contribution in [0.3, 0.4) is 0 Å². The fourth-order valence-electron chi connectivity index (χ4n) is 1.59. The van der Waals surface area contributed by atoms with Crippen LogP contribution in [0.4, 0.5) is 0 Å². The molecule has 0 radical (unpaired) electrons. The predicted octanol–water partition coefficient (Wildman–Crippen LogP) is 3.29. The van der Waals surface area contributed by atoms with Crippen LogP contribution in [0.25, 0.3) is 0 Å². The van der Waals surface area contributed by atoms with Crippen molar-refractivity contribution in [2.45, 2.75) is 13.0 Å². The van der Waals surface area contributed by atoms with E-state index in [9.17, 15) is 0 Å². The van der Waals surface area contributed by atoms with Crippen LogP contribution >= 0.6 is 11.6 Å². The Morgan fingerprint density at radius 2 is 2.13 bits per heavy atom. The van der Waals surface area contributed by atoms with Gasteiger partial charge in [-0.3, -0.25) is 0 Å². The molecule has 0 saturated heterocycles. The molecule has 1 atom stereocenters. The quantitative estimate of drug-likeness (QED) is 0.845. The molecule has 1 aromatic heterocycles. The highest BCUT2D eigenvalue weighted by Crippen LogP contribution is 2.27. The summed E-state index contributed by atoms with van der Waals surface area (Å²) < 4.78 is 5.01. The van der Waals surface area contributed by atoms with Gasteiger partial charge in [0.2, 0.25) is 0 Å². The van der Waals surface area contributed by atoms with E-state index >= 15 is 0 Å². The van der Waals surface area contributed by atoms with Crippen LogP contribution < -0.4 is 5.73 Å². The van der Waals surface area contributed by atoms with Crippen LogP contribution in [0.1, 0.15) is 22.7 Å². The summed E-state index contributed by atoms with van der Waals surface area (Å²) in [4.78, 5) is 0. The zero-order chi connectivity index (χ0) is 10.8. The second kappa shape index (κ2) is 4.09. The molecular formula is C12H12ClNO. The van der Waals surface area contributed by atoms with E-state index in [0.29, 0.717) is 0 Å². The molecule has 0 aliphatic heterocycles. The first-order valence-electron chi connectivity index (χ1n) is 4.73. The van der Waals surface area contributed by atoms with Crippen LogP contribution in [0.5, 0.6) is 0 Å². The maximum Gasteiger partial charge on any atom is 0.0953 e. The number of furan rings is 1. The summed E-state index contributed by atoms with van der Waals surface area (Å²) in [5.41, 5.74) is 9.12. The van der Waals surface area contributed by atoms with Crippen LogP contribution in [-0.4, -0.2) is 0 Å². The molecule has 0 amide bonds. The Hall–Kier alpha value is -1.25. The number of hydrogen-bond acceptors (Lipinski definition) is 2. The molecule has 2 rings (SSSR count). The minimum atomic E-state index is -0.178. The van der Waals surface area contributed by atoms with Crippen molar-refractivity contribution in [2.75, 3.05) is 0 Å². The predicted molar refractivity (Wildman–Crippen MR) is 60.9 cm³/mol. The minimum absolute atomic E-state index is 0.178. The third-order valence-corrected chi connectivity index (χ3v) is 2.96. The summed E-state index contributed by atoms with van der Waals surface area (Å²) in [5.74, 6) is 0. The molecular weight excluding hydrogens is 210 g/mol. The fourth-order valence-corrected chi connectivity index (χ4v) is 1.77. The molecule has 2 nitrogen and oxygen atoms in total. The molecule has 1 unspecified atom stereocenters. The van der Waals surface area contributed by atoms with Crippen molar-refractivity contribution < 1.29 is 4.42 Å². The van der Waals surface area contributed by atoms with Crippen molar-refractivity contribution in [3.8, 4) is 0 Å². The number of hydrogen-bond donors (Lipinski definition) is 1. The number of halogens is 1. The van der Waals surface area contributed by atoms with Gasteiger partial charge in [-0.1, -0.05) is 23.7 Å². The van der Waals surface area contributed by atoms with Gasteiger partial charge in [0.25, 0.3) is 0 Å². The SMILES string of the molecule is Cc1c(Cl)cccc1C(N)c1ccoc1. The van der Waals surface area contributed by atoms with Crippen molar-refractivity contribution in [1.29, 1.82) is 0 Å². The average molecular weight is 222 g/mol. The van der Waals surface area contributed by atoms with E-state index in [1.165, 1.54) is 0 Å². The minimum Gasteiger partial charge on any atom is -0.472 e. The number of rotatable bonds is 2.